The molecule has 9 heteroatoms. The molecule has 2 heterocycles. The van der Waals surface area contributed by atoms with Gasteiger partial charge in [0.1, 0.15) is 0 Å². The Bertz CT molecular complexity index is 1270. The minimum Gasteiger partial charge on any atom is -0.452 e. The van der Waals surface area contributed by atoms with Crippen LogP contribution >= 0.6 is 23.2 Å². The molecule has 4 aromatic rings. The Morgan fingerprint density at radius 1 is 1.06 bits per heavy atom. The third kappa shape index (κ3) is 4.38. The van der Waals surface area contributed by atoms with Crippen LogP contribution in [0.15, 0.2) is 59.1 Å². The van der Waals surface area contributed by atoms with Crippen LogP contribution in [0, 0.1) is 6.92 Å². The molecule has 7 nitrogen and oxygen atoms in total. The van der Waals surface area contributed by atoms with Crippen LogP contribution in [0.3, 0.4) is 0 Å². The number of nitrogens with one attached hydrogen (secondary N) is 1. The highest BCUT2D eigenvalue weighted by molar-refractivity contribution is 6.39. The van der Waals surface area contributed by atoms with Gasteiger partial charge in [0.25, 0.3) is 11.6 Å². The van der Waals surface area contributed by atoms with Crippen molar-refractivity contribution in [2.45, 2.75) is 6.92 Å². The zero-order valence-corrected chi connectivity index (χ0v) is 17.7. The molecule has 0 saturated carbocycles. The van der Waals surface area contributed by atoms with Gasteiger partial charge in [-0.2, -0.15) is 0 Å². The smallest absolute Gasteiger partial charge is 0.339 e. The summed E-state index contributed by atoms with van der Waals surface area (Å²) in [4.78, 5) is 29.5. The lowest BCUT2D eigenvalue weighted by Crippen LogP contribution is -2.21. The van der Waals surface area contributed by atoms with Gasteiger partial charge in [0.2, 0.25) is 0 Å². The first-order valence-corrected chi connectivity index (χ1v) is 9.93. The Morgan fingerprint density at radius 2 is 1.77 bits per heavy atom. The normalized spacial score (nSPS) is 10.8. The summed E-state index contributed by atoms with van der Waals surface area (Å²) in [5, 5.41) is 7.41. The monoisotopic (exact) mass is 455 g/mol. The van der Waals surface area contributed by atoms with Gasteiger partial charge in [0.05, 0.1) is 38.1 Å². The van der Waals surface area contributed by atoms with Crippen molar-refractivity contribution in [1.82, 2.24) is 10.1 Å². The summed E-state index contributed by atoms with van der Waals surface area (Å²) in [6.45, 7) is 1.16. The van der Waals surface area contributed by atoms with E-state index in [1.165, 1.54) is 0 Å². The fraction of sp³-hybridized carbons (Fsp3) is 0.0909. The number of fused-ring (bicyclic) bond motifs is 1. The fourth-order valence-corrected chi connectivity index (χ4v) is 3.51. The number of carbonyl (C=O) groups is 2. The van der Waals surface area contributed by atoms with E-state index in [-0.39, 0.29) is 27.0 Å². The van der Waals surface area contributed by atoms with E-state index < -0.39 is 18.5 Å². The second-order valence-electron chi connectivity index (χ2n) is 6.59. The maximum absolute atomic E-state index is 12.8. The van der Waals surface area contributed by atoms with E-state index in [4.69, 9.17) is 32.5 Å². The molecule has 0 atom stereocenters. The molecule has 0 fully saturated rings. The van der Waals surface area contributed by atoms with Crippen molar-refractivity contribution in [2.75, 3.05) is 11.9 Å². The van der Waals surface area contributed by atoms with Crippen LogP contribution in [0.5, 0.6) is 0 Å². The van der Waals surface area contributed by atoms with Gasteiger partial charge in [-0.1, -0.05) is 64.8 Å². The number of pyridine rings is 1. The van der Waals surface area contributed by atoms with Crippen molar-refractivity contribution in [3.8, 4) is 11.3 Å². The molecule has 1 amide bonds. The first-order chi connectivity index (χ1) is 14.9. The topological polar surface area (TPSA) is 94.3 Å². The average molecular weight is 456 g/mol. The minimum atomic E-state index is -0.712. The number of aromatic nitrogens is 2. The molecule has 156 valence electrons. The van der Waals surface area contributed by atoms with Crippen molar-refractivity contribution in [3.05, 3.63) is 75.9 Å². The van der Waals surface area contributed by atoms with Gasteiger partial charge >= 0.3 is 5.97 Å². The quantitative estimate of drug-likeness (QED) is 0.410. The zero-order chi connectivity index (χ0) is 22.0. The number of rotatable bonds is 5. The SMILES string of the molecule is Cc1noc2nc(-c3ccccc3)cc(C(=O)OCC(=O)Nc3c(Cl)cccc3Cl)c12. The minimum absolute atomic E-state index is 0.200. The molecule has 0 saturated heterocycles. The standard InChI is InChI=1S/C22H15Cl2N3O4/c1-12-19-14(10-17(25-21(19)31-27-12)13-6-3-2-4-7-13)22(29)30-11-18(28)26-20-15(23)8-5-9-16(20)24/h2-10H,11H2,1H3,(H,26,28). The summed E-state index contributed by atoms with van der Waals surface area (Å²) in [6, 6.07) is 15.7. The van der Waals surface area contributed by atoms with E-state index in [2.05, 4.69) is 15.5 Å². The summed E-state index contributed by atoms with van der Waals surface area (Å²) in [7, 11) is 0. The number of hydrogen-bond donors (Lipinski definition) is 1. The number of anilines is 1. The number of carbonyl (C=O) groups excluding carboxylic acids is 2. The third-order valence-electron chi connectivity index (χ3n) is 4.47. The predicted octanol–water partition coefficient (Wildman–Crippen LogP) is 5.30. The third-order valence-corrected chi connectivity index (χ3v) is 5.10. The number of amides is 1. The number of halogens is 2. The maximum atomic E-state index is 12.8. The number of ether oxygens (including phenoxy) is 1. The molecule has 0 unspecified atom stereocenters. The predicted molar refractivity (Wildman–Crippen MR) is 117 cm³/mol. The van der Waals surface area contributed by atoms with Gasteiger partial charge in [0.15, 0.2) is 6.61 Å². The molecule has 4 rings (SSSR count). The summed E-state index contributed by atoms with van der Waals surface area (Å²) in [6.07, 6.45) is 0. The largest absolute Gasteiger partial charge is 0.452 e. The maximum Gasteiger partial charge on any atom is 0.339 e. The highest BCUT2D eigenvalue weighted by atomic mass is 35.5. The Labute approximate surface area is 186 Å². The molecule has 2 aromatic heterocycles. The summed E-state index contributed by atoms with van der Waals surface area (Å²) >= 11 is 12.1. The lowest BCUT2D eigenvalue weighted by atomic mass is 10.1. The van der Waals surface area contributed by atoms with Crippen LogP contribution in [-0.2, 0) is 9.53 Å². The second kappa shape index (κ2) is 8.75. The molecular weight excluding hydrogens is 441 g/mol. The van der Waals surface area contributed by atoms with Gasteiger partial charge in [-0.15, -0.1) is 0 Å². The molecule has 0 spiro atoms. The fourth-order valence-electron chi connectivity index (χ4n) is 3.01. The van der Waals surface area contributed by atoms with E-state index >= 15 is 0 Å². The molecule has 0 bridgehead atoms. The number of aryl methyl sites for hydroxylation is 1. The molecule has 0 aliphatic rings. The van der Waals surface area contributed by atoms with E-state index in [0.29, 0.717) is 16.8 Å². The average Bonchev–Trinajstić information content (AvgIpc) is 3.15. The van der Waals surface area contributed by atoms with E-state index in [0.717, 1.165) is 5.56 Å². The molecule has 2 aromatic carbocycles. The Balaban J connectivity index is 1.57. The van der Waals surface area contributed by atoms with Crippen LogP contribution < -0.4 is 5.32 Å². The Morgan fingerprint density at radius 3 is 2.48 bits per heavy atom. The van der Waals surface area contributed by atoms with E-state index in [9.17, 15) is 9.59 Å². The summed E-state index contributed by atoms with van der Waals surface area (Å²) < 4.78 is 10.5. The van der Waals surface area contributed by atoms with Crippen molar-refractivity contribution in [1.29, 1.82) is 0 Å². The number of nitrogens with zero attached hydrogens (tertiary/aromatic N) is 2. The van der Waals surface area contributed by atoms with Crippen LogP contribution in [0.25, 0.3) is 22.4 Å². The first kappa shape index (κ1) is 20.8. The van der Waals surface area contributed by atoms with Crippen molar-refractivity contribution < 1.29 is 18.8 Å². The van der Waals surface area contributed by atoms with Crippen LogP contribution in [0.2, 0.25) is 10.0 Å². The highest BCUT2D eigenvalue weighted by Gasteiger charge is 2.21. The molecule has 0 aliphatic heterocycles. The molecule has 1 N–H and O–H groups in total. The van der Waals surface area contributed by atoms with Crippen LogP contribution in [0.4, 0.5) is 5.69 Å². The van der Waals surface area contributed by atoms with Crippen LogP contribution in [-0.4, -0.2) is 28.6 Å². The molecule has 31 heavy (non-hydrogen) atoms. The second-order valence-corrected chi connectivity index (χ2v) is 7.40. The number of benzene rings is 2. The number of esters is 1. The van der Waals surface area contributed by atoms with Crippen molar-refractivity contribution in [3.63, 3.8) is 0 Å². The van der Waals surface area contributed by atoms with Gasteiger partial charge in [-0.05, 0) is 25.1 Å². The molecule has 0 aliphatic carbocycles. The van der Waals surface area contributed by atoms with Crippen molar-refractivity contribution >= 4 is 51.9 Å². The van der Waals surface area contributed by atoms with Gasteiger partial charge < -0.3 is 14.6 Å². The van der Waals surface area contributed by atoms with Gasteiger partial charge in [-0.3, -0.25) is 4.79 Å². The van der Waals surface area contributed by atoms with E-state index in [1.807, 2.05) is 30.3 Å². The molecule has 0 radical (unpaired) electrons. The summed E-state index contributed by atoms with van der Waals surface area (Å²) in [5.74, 6) is -1.30. The number of hydrogen-bond acceptors (Lipinski definition) is 6. The van der Waals surface area contributed by atoms with Crippen molar-refractivity contribution in [2.24, 2.45) is 0 Å². The summed E-state index contributed by atoms with van der Waals surface area (Å²) in [5.41, 5.74) is 2.45. The highest BCUT2D eigenvalue weighted by Crippen LogP contribution is 2.30. The Hall–Kier alpha value is -3.42. The van der Waals surface area contributed by atoms with E-state index in [1.54, 1.807) is 31.2 Å². The number of para-hydroxylation sites is 1. The van der Waals surface area contributed by atoms with Gasteiger partial charge in [-0.25, -0.2) is 9.78 Å². The van der Waals surface area contributed by atoms with Crippen LogP contribution in [0.1, 0.15) is 16.1 Å². The first-order valence-electron chi connectivity index (χ1n) is 9.17. The lowest BCUT2D eigenvalue weighted by molar-refractivity contribution is -0.119. The Kier molecular flexibility index (Phi) is 5.88. The molecular formula is C22H15Cl2N3O4. The lowest BCUT2D eigenvalue weighted by Gasteiger charge is -2.10. The zero-order valence-electron chi connectivity index (χ0n) is 16.2. The van der Waals surface area contributed by atoms with Gasteiger partial charge in [0, 0.05) is 5.56 Å².